The van der Waals surface area contributed by atoms with Crippen molar-refractivity contribution in [2.45, 2.75) is 256 Å². The van der Waals surface area contributed by atoms with Gasteiger partial charge in [-0.25, -0.2) is 19.9 Å². The average Bonchev–Trinajstić information content (AvgIpc) is 3.35. The summed E-state index contributed by atoms with van der Waals surface area (Å²) in [5, 5.41) is 0. The Morgan fingerprint density at radius 3 is 1.18 bits per heavy atom. The van der Waals surface area contributed by atoms with Crippen molar-refractivity contribution in [3.05, 3.63) is 83.4 Å². The zero-order valence-electron chi connectivity index (χ0n) is 43.8. The summed E-state index contributed by atoms with van der Waals surface area (Å²) >= 11 is 0. The van der Waals surface area contributed by atoms with Crippen LogP contribution in [0.2, 0.25) is 49.4 Å². The molecule has 2 saturated carbocycles. The maximum atomic E-state index is 7.14. The lowest BCUT2D eigenvalue weighted by Crippen LogP contribution is -2.33. The summed E-state index contributed by atoms with van der Waals surface area (Å²) in [6.07, 6.45) is 47.5. The number of unbranched alkanes of at least 4 members (excludes halogenated alkanes) is 12. The number of aryl methyl sites for hydroxylation is 4. The van der Waals surface area contributed by atoms with Crippen molar-refractivity contribution in [1.82, 2.24) is 19.9 Å². The molecule has 0 saturated heterocycles. The maximum Gasteiger partial charge on any atom is 0.159 e. The molecular formula is C60H94N4OSi2. The van der Waals surface area contributed by atoms with Crippen LogP contribution >= 0.6 is 0 Å². The minimum Gasteiger partial charge on any atom is -0.457 e. The Balaban J connectivity index is 1.20. The zero-order chi connectivity index (χ0) is 47.2. The molecule has 7 heteroatoms. The fraction of sp³-hybridized carbons (Fsp3) is 0.667. The largest absolute Gasteiger partial charge is 0.457 e. The topological polar surface area (TPSA) is 60.8 Å². The Morgan fingerprint density at radius 2 is 0.791 bits per heavy atom. The molecule has 2 aliphatic rings. The van der Waals surface area contributed by atoms with Gasteiger partial charge < -0.3 is 4.74 Å². The molecule has 0 aliphatic heterocycles. The molecular weight excluding hydrogens is 849 g/mol. The van der Waals surface area contributed by atoms with Crippen LogP contribution in [0, 0.1) is 0 Å². The molecule has 5 nitrogen and oxygen atoms in total. The molecule has 2 aromatic carbocycles. The van der Waals surface area contributed by atoms with Crippen molar-refractivity contribution in [1.29, 1.82) is 0 Å². The second-order valence-electron chi connectivity index (χ2n) is 22.7. The Hall–Kier alpha value is -3.17. The van der Waals surface area contributed by atoms with Crippen molar-refractivity contribution in [3.8, 4) is 34.3 Å². The van der Waals surface area contributed by atoms with E-state index in [2.05, 4.69) is 101 Å². The summed E-state index contributed by atoms with van der Waals surface area (Å²) in [4.78, 5) is 19.7. The van der Waals surface area contributed by atoms with Crippen LogP contribution in [0.25, 0.3) is 22.8 Å². The molecule has 4 aromatic rings. The summed E-state index contributed by atoms with van der Waals surface area (Å²) in [6, 6.07) is 16.3. The van der Waals surface area contributed by atoms with E-state index >= 15 is 0 Å². The van der Waals surface area contributed by atoms with E-state index in [0.29, 0.717) is 0 Å². The first-order valence-electron chi connectivity index (χ1n) is 28.2. The predicted octanol–water partition coefficient (Wildman–Crippen LogP) is 18.9. The summed E-state index contributed by atoms with van der Waals surface area (Å²) in [5.41, 5.74) is 9.21. The van der Waals surface area contributed by atoms with Gasteiger partial charge in [0.25, 0.3) is 0 Å². The van der Waals surface area contributed by atoms with Gasteiger partial charge in [-0.05, 0) is 121 Å². The monoisotopic (exact) mass is 943 g/mol. The van der Waals surface area contributed by atoms with Gasteiger partial charge in [0, 0.05) is 35.9 Å². The molecule has 0 bridgehead atoms. The minimum atomic E-state index is -1.26. The normalized spacial score (nSPS) is 15.3. The van der Waals surface area contributed by atoms with Crippen molar-refractivity contribution in [2.24, 2.45) is 0 Å². The van der Waals surface area contributed by atoms with Crippen LogP contribution in [0.3, 0.4) is 0 Å². The molecule has 2 aliphatic carbocycles. The molecule has 2 aromatic heterocycles. The molecule has 0 radical (unpaired) electrons. The molecule has 6 rings (SSSR count). The van der Waals surface area contributed by atoms with Crippen LogP contribution in [-0.4, -0.2) is 36.1 Å². The van der Waals surface area contributed by atoms with Gasteiger partial charge in [0.1, 0.15) is 11.5 Å². The van der Waals surface area contributed by atoms with E-state index < -0.39 is 16.1 Å². The lowest BCUT2D eigenvalue weighted by Gasteiger charge is -2.35. The van der Waals surface area contributed by atoms with E-state index in [4.69, 9.17) is 24.7 Å². The van der Waals surface area contributed by atoms with Crippen LogP contribution in [0.5, 0.6) is 11.5 Å². The molecule has 0 atom stereocenters. The number of nitrogens with zero attached hydrogens (tertiary/aromatic N) is 4. The van der Waals surface area contributed by atoms with Gasteiger partial charge in [0.05, 0.1) is 16.1 Å². The van der Waals surface area contributed by atoms with Crippen molar-refractivity contribution in [3.63, 3.8) is 0 Å². The van der Waals surface area contributed by atoms with Crippen LogP contribution in [0.4, 0.5) is 0 Å². The third-order valence-electron chi connectivity index (χ3n) is 16.4. The molecule has 0 amide bonds. The van der Waals surface area contributed by atoms with Gasteiger partial charge in [-0.1, -0.05) is 193 Å². The van der Waals surface area contributed by atoms with Gasteiger partial charge in [-0.3, -0.25) is 0 Å². The van der Waals surface area contributed by atoms with Crippen LogP contribution in [0.1, 0.15) is 203 Å². The summed E-state index contributed by atoms with van der Waals surface area (Å²) < 4.78 is 7.14. The maximum absolute atomic E-state index is 7.14. The predicted molar refractivity (Wildman–Crippen MR) is 293 cm³/mol. The average molecular weight is 944 g/mol. The number of benzene rings is 2. The second kappa shape index (κ2) is 28.5. The van der Waals surface area contributed by atoms with Crippen molar-refractivity contribution < 1.29 is 4.74 Å². The summed E-state index contributed by atoms with van der Waals surface area (Å²) in [6.45, 7) is 15.3. The third-order valence-corrected chi connectivity index (χ3v) is 25.2. The van der Waals surface area contributed by atoms with Crippen molar-refractivity contribution in [2.75, 3.05) is 0 Å². The Morgan fingerprint density at radius 1 is 0.433 bits per heavy atom. The number of ether oxygens (including phenoxy) is 1. The summed E-state index contributed by atoms with van der Waals surface area (Å²) in [5.74, 6) is 3.57. The van der Waals surface area contributed by atoms with Gasteiger partial charge in [-0.15, -0.1) is 0 Å². The Labute approximate surface area is 412 Å². The first-order chi connectivity index (χ1) is 32.6. The van der Waals surface area contributed by atoms with E-state index in [0.717, 1.165) is 71.0 Å². The first-order valence-corrected chi connectivity index (χ1v) is 34.8. The van der Waals surface area contributed by atoms with Gasteiger partial charge in [0.2, 0.25) is 0 Å². The van der Waals surface area contributed by atoms with E-state index in [-0.39, 0.29) is 0 Å². The standard InChI is InChI=1S/C60H94N4OSi2/c1-7-9-11-13-15-19-29-49-45-61-59(62-46-49)53-37-39-57(51(43-53)31-25-27-41-66(3,4)55-33-21-17-22-34-55)65-58-40-38-54(60-63-47-50(48-64-60)30-20-16-14-12-10-8-2)44-52(58)32-26-28-42-67(5,6)56-35-23-18-24-36-56/h37-40,43-48,55-56H,7-36,41-42H2,1-6H3. The number of hydrogen-bond acceptors (Lipinski definition) is 5. The van der Waals surface area contributed by atoms with Crippen LogP contribution in [0.15, 0.2) is 61.2 Å². The smallest absolute Gasteiger partial charge is 0.159 e. The summed E-state index contributed by atoms with van der Waals surface area (Å²) in [7, 11) is -2.51. The van der Waals surface area contributed by atoms with Crippen LogP contribution in [-0.2, 0) is 25.7 Å². The van der Waals surface area contributed by atoms with E-state index in [9.17, 15) is 0 Å². The molecule has 0 spiro atoms. The van der Waals surface area contributed by atoms with E-state index in [1.54, 1.807) is 0 Å². The highest BCUT2D eigenvalue weighted by Crippen LogP contribution is 2.42. The SMILES string of the molecule is CCCCCCCCc1cnc(-c2ccc(Oc3ccc(-c4ncc(CCCCCCCC)cn4)cc3CCCC[Si](C)(C)C3CCCCC3)c(CCCC[Si](C)(C)C3CCCCC3)c2)nc1. The molecule has 368 valence electrons. The number of hydrogen-bond donors (Lipinski definition) is 0. The highest BCUT2D eigenvalue weighted by molar-refractivity contribution is 6.79. The molecule has 0 N–H and O–H groups in total. The van der Waals surface area contributed by atoms with E-state index in [1.807, 2.05) is 0 Å². The quantitative estimate of drug-likeness (QED) is 0.0385. The van der Waals surface area contributed by atoms with Gasteiger partial charge >= 0.3 is 0 Å². The van der Waals surface area contributed by atoms with Gasteiger partial charge in [-0.2, -0.15) is 0 Å². The Kier molecular flexibility index (Phi) is 22.6. The van der Waals surface area contributed by atoms with Crippen LogP contribution < -0.4 is 4.74 Å². The van der Waals surface area contributed by atoms with Gasteiger partial charge in [0.15, 0.2) is 11.6 Å². The molecule has 2 fully saturated rings. The van der Waals surface area contributed by atoms with Crippen molar-refractivity contribution >= 4 is 16.1 Å². The Bertz CT molecular complexity index is 1840. The third kappa shape index (κ3) is 17.6. The second-order valence-corrected chi connectivity index (χ2v) is 33.3. The zero-order valence-corrected chi connectivity index (χ0v) is 45.8. The first kappa shape index (κ1) is 53.2. The lowest BCUT2D eigenvalue weighted by molar-refractivity contribution is 0.467. The lowest BCUT2D eigenvalue weighted by atomic mass is 10.0. The number of aromatic nitrogens is 4. The number of rotatable bonds is 30. The highest BCUT2D eigenvalue weighted by Gasteiger charge is 2.33. The molecule has 0 unspecified atom stereocenters. The van der Waals surface area contributed by atoms with E-state index in [1.165, 1.54) is 201 Å². The highest BCUT2D eigenvalue weighted by atomic mass is 28.3. The molecule has 67 heavy (non-hydrogen) atoms. The fourth-order valence-electron chi connectivity index (χ4n) is 11.6. The fourth-order valence-corrected chi connectivity index (χ4v) is 18.7. The minimum absolute atomic E-state index is 0.813. The molecule has 2 heterocycles.